The van der Waals surface area contributed by atoms with Gasteiger partial charge in [-0.1, -0.05) is 182 Å². The summed E-state index contributed by atoms with van der Waals surface area (Å²) in [6.45, 7) is 0. The quantitative estimate of drug-likeness (QED) is 0.185. The number of nitrogens with zero attached hydrogens (tertiary/aromatic N) is 3. The molecule has 1 aromatic heterocycles. The van der Waals surface area contributed by atoms with E-state index in [2.05, 4.69) is 158 Å². The van der Waals surface area contributed by atoms with Crippen LogP contribution in [0.25, 0.3) is 56.4 Å². The Morgan fingerprint density at radius 3 is 1.37 bits per heavy atom. The van der Waals surface area contributed by atoms with Gasteiger partial charge in [-0.15, -0.1) is 0 Å². The van der Waals surface area contributed by atoms with Crippen LogP contribution in [0.5, 0.6) is 0 Å². The van der Waals surface area contributed by atoms with Crippen molar-refractivity contribution in [3.63, 3.8) is 0 Å². The molecule has 0 aliphatic heterocycles. The lowest BCUT2D eigenvalue weighted by molar-refractivity contribution is 0.768. The first-order valence-corrected chi connectivity index (χ1v) is 16.6. The molecule has 0 spiro atoms. The van der Waals surface area contributed by atoms with Gasteiger partial charge in [-0.3, -0.25) is 0 Å². The van der Waals surface area contributed by atoms with Gasteiger partial charge in [-0.05, 0) is 50.6 Å². The van der Waals surface area contributed by atoms with Gasteiger partial charge in [0.05, 0.1) is 5.41 Å². The average molecular weight is 626 g/mol. The first-order chi connectivity index (χ1) is 24.3. The Labute approximate surface area is 286 Å². The Kier molecular flexibility index (Phi) is 7.02. The van der Waals surface area contributed by atoms with Crippen molar-refractivity contribution in [1.29, 1.82) is 0 Å². The minimum absolute atomic E-state index is 0.457. The van der Waals surface area contributed by atoms with Crippen LogP contribution in [-0.4, -0.2) is 15.0 Å². The Bertz CT molecular complexity index is 2380. The molecular formula is C46H31N3. The van der Waals surface area contributed by atoms with E-state index in [9.17, 15) is 0 Å². The van der Waals surface area contributed by atoms with Crippen molar-refractivity contribution in [2.45, 2.75) is 5.41 Å². The van der Waals surface area contributed by atoms with Gasteiger partial charge in [-0.25, -0.2) is 15.0 Å². The maximum Gasteiger partial charge on any atom is 0.164 e. The Hall–Kier alpha value is -6.45. The van der Waals surface area contributed by atoms with Crippen molar-refractivity contribution in [2.75, 3.05) is 0 Å². The van der Waals surface area contributed by atoms with Crippen molar-refractivity contribution >= 4 is 0 Å². The highest BCUT2D eigenvalue weighted by Crippen LogP contribution is 2.56. The van der Waals surface area contributed by atoms with Gasteiger partial charge in [0.1, 0.15) is 0 Å². The van der Waals surface area contributed by atoms with E-state index in [1.165, 1.54) is 33.4 Å². The van der Waals surface area contributed by atoms with Gasteiger partial charge < -0.3 is 0 Å². The molecule has 1 aliphatic rings. The highest BCUT2D eigenvalue weighted by Gasteiger charge is 2.46. The van der Waals surface area contributed by atoms with Gasteiger partial charge in [0, 0.05) is 16.7 Å². The third-order valence-corrected chi connectivity index (χ3v) is 9.64. The molecule has 0 N–H and O–H groups in total. The lowest BCUT2D eigenvalue weighted by atomic mass is 9.67. The summed E-state index contributed by atoms with van der Waals surface area (Å²) in [5.74, 6) is 1.93. The summed E-state index contributed by atoms with van der Waals surface area (Å²) in [6.07, 6.45) is 0. The molecule has 0 fully saturated rings. The first-order valence-electron chi connectivity index (χ1n) is 16.6. The second-order valence-corrected chi connectivity index (χ2v) is 12.4. The molecule has 3 heteroatoms. The van der Waals surface area contributed by atoms with Crippen LogP contribution >= 0.6 is 0 Å². The second-order valence-electron chi connectivity index (χ2n) is 12.4. The van der Waals surface area contributed by atoms with Crippen molar-refractivity contribution in [3.05, 3.63) is 210 Å². The van der Waals surface area contributed by atoms with Crippen LogP contribution in [0.3, 0.4) is 0 Å². The lowest BCUT2D eigenvalue weighted by Crippen LogP contribution is -2.28. The fraction of sp³-hybridized carbons (Fsp3) is 0.0217. The molecule has 0 radical (unpaired) electrons. The Morgan fingerprint density at radius 1 is 0.286 bits per heavy atom. The molecule has 230 valence electrons. The smallest absolute Gasteiger partial charge is 0.164 e. The molecule has 1 heterocycles. The van der Waals surface area contributed by atoms with Gasteiger partial charge in [0.15, 0.2) is 17.5 Å². The van der Waals surface area contributed by atoms with E-state index in [0.717, 1.165) is 27.8 Å². The van der Waals surface area contributed by atoms with Crippen LogP contribution in [0.15, 0.2) is 188 Å². The van der Waals surface area contributed by atoms with Crippen molar-refractivity contribution in [3.8, 4) is 56.4 Å². The number of fused-ring (bicyclic) bond motifs is 3. The van der Waals surface area contributed by atoms with Gasteiger partial charge >= 0.3 is 0 Å². The monoisotopic (exact) mass is 625 g/mol. The number of rotatable bonds is 6. The zero-order valence-corrected chi connectivity index (χ0v) is 26.7. The molecule has 49 heavy (non-hydrogen) atoms. The fourth-order valence-corrected chi connectivity index (χ4v) is 7.48. The highest BCUT2D eigenvalue weighted by molar-refractivity contribution is 5.89. The summed E-state index contributed by atoms with van der Waals surface area (Å²) in [4.78, 5) is 15.4. The third-order valence-electron chi connectivity index (χ3n) is 9.64. The largest absolute Gasteiger partial charge is 0.208 e. The highest BCUT2D eigenvalue weighted by atomic mass is 15.0. The molecule has 7 aromatic carbocycles. The van der Waals surface area contributed by atoms with Gasteiger partial charge in [0.25, 0.3) is 0 Å². The van der Waals surface area contributed by atoms with Crippen molar-refractivity contribution < 1.29 is 0 Å². The zero-order chi connectivity index (χ0) is 32.6. The summed E-state index contributed by atoms with van der Waals surface area (Å²) in [6, 6.07) is 66.2. The van der Waals surface area contributed by atoms with Crippen LogP contribution < -0.4 is 0 Å². The van der Waals surface area contributed by atoms with E-state index in [0.29, 0.717) is 17.5 Å². The number of aromatic nitrogens is 3. The Balaban J connectivity index is 1.28. The summed E-state index contributed by atoms with van der Waals surface area (Å²) < 4.78 is 0. The van der Waals surface area contributed by atoms with Crippen molar-refractivity contribution in [1.82, 2.24) is 15.0 Å². The third kappa shape index (κ3) is 4.78. The first kappa shape index (κ1) is 28.7. The van der Waals surface area contributed by atoms with Gasteiger partial charge in [0.2, 0.25) is 0 Å². The molecule has 0 bridgehead atoms. The molecule has 0 saturated carbocycles. The molecular weight excluding hydrogens is 595 g/mol. The minimum atomic E-state index is -0.457. The second kappa shape index (κ2) is 12.0. The standard InChI is InChI=1S/C46H31N3/c1-5-17-32(18-6-1)37-25-13-14-27-39(37)45-48-43(33-19-7-2-8-20-33)47-44(49-45)34-29-30-42-40(31-34)38-26-15-16-28-41(38)46(42,35-21-9-3-10-22-35)36-23-11-4-12-24-36/h1-31H. The van der Waals surface area contributed by atoms with E-state index in [4.69, 9.17) is 15.0 Å². The maximum absolute atomic E-state index is 5.20. The van der Waals surface area contributed by atoms with E-state index in [-0.39, 0.29) is 0 Å². The van der Waals surface area contributed by atoms with Crippen LogP contribution in [0.1, 0.15) is 22.3 Å². The predicted octanol–water partition coefficient (Wildman–Crippen LogP) is 10.9. The molecule has 1 aliphatic carbocycles. The molecule has 0 atom stereocenters. The minimum Gasteiger partial charge on any atom is -0.208 e. The van der Waals surface area contributed by atoms with E-state index < -0.39 is 5.41 Å². The number of hydrogen-bond donors (Lipinski definition) is 0. The molecule has 0 amide bonds. The van der Waals surface area contributed by atoms with Crippen LogP contribution in [0.2, 0.25) is 0 Å². The SMILES string of the molecule is c1ccc(-c2nc(-c3ccc4c(c3)-c3ccccc3C4(c3ccccc3)c3ccccc3)nc(-c3ccccc3-c3ccccc3)n2)cc1. The molecule has 9 rings (SSSR count). The molecule has 0 unspecified atom stereocenters. The molecule has 8 aromatic rings. The Morgan fingerprint density at radius 2 is 0.735 bits per heavy atom. The van der Waals surface area contributed by atoms with E-state index >= 15 is 0 Å². The van der Waals surface area contributed by atoms with Crippen LogP contribution in [0, 0.1) is 0 Å². The lowest BCUT2D eigenvalue weighted by Gasteiger charge is -2.33. The topological polar surface area (TPSA) is 38.7 Å². The molecule has 0 saturated heterocycles. The normalized spacial score (nSPS) is 12.7. The fourth-order valence-electron chi connectivity index (χ4n) is 7.48. The number of benzene rings is 7. The maximum atomic E-state index is 5.20. The molecule has 3 nitrogen and oxygen atoms in total. The van der Waals surface area contributed by atoms with Crippen LogP contribution in [0.4, 0.5) is 0 Å². The van der Waals surface area contributed by atoms with E-state index in [1.807, 2.05) is 30.3 Å². The summed E-state index contributed by atoms with van der Waals surface area (Å²) in [5.41, 5.74) is 12.0. The summed E-state index contributed by atoms with van der Waals surface area (Å²) >= 11 is 0. The predicted molar refractivity (Wildman–Crippen MR) is 199 cm³/mol. The summed E-state index contributed by atoms with van der Waals surface area (Å²) in [5, 5.41) is 0. The van der Waals surface area contributed by atoms with Crippen LogP contribution in [-0.2, 0) is 5.41 Å². The van der Waals surface area contributed by atoms with Crippen molar-refractivity contribution in [2.24, 2.45) is 0 Å². The number of hydrogen-bond acceptors (Lipinski definition) is 3. The zero-order valence-electron chi connectivity index (χ0n) is 26.7. The van der Waals surface area contributed by atoms with Gasteiger partial charge in [-0.2, -0.15) is 0 Å². The average Bonchev–Trinajstić information content (AvgIpc) is 3.49. The van der Waals surface area contributed by atoms with E-state index in [1.54, 1.807) is 0 Å². The summed E-state index contributed by atoms with van der Waals surface area (Å²) in [7, 11) is 0.